The second-order valence-corrected chi connectivity index (χ2v) is 6.45. The molecule has 0 unspecified atom stereocenters. The van der Waals surface area contributed by atoms with Crippen LogP contribution < -0.4 is 10.6 Å². The molecule has 0 aliphatic carbocycles. The van der Waals surface area contributed by atoms with Crippen molar-refractivity contribution >= 4 is 29.1 Å². The lowest BCUT2D eigenvalue weighted by atomic mass is 10.2. The van der Waals surface area contributed by atoms with Crippen molar-refractivity contribution < 1.29 is 4.79 Å². The second kappa shape index (κ2) is 7.31. The first-order chi connectivity index (χ1) is 9.67. The lowest BCUT2D eigenvalue weighted by Crippen LogP contribution is -2.34. The molecule has 0 saturated carbocycles. The third kappa shape index (κ3) is 4.54. The third-order valence-electron chi connectivity index (χ3n) is 2.68. The number of rotatable bonds is 5. The van der Waals surface area contributed by atoms with Gasteiger partial charge in [0.25, 0.3) is 0 Å². The smallest absolute Gasteiger partial charge is 0.315 e. The van der Waals surface area contributed by atoms with Crippen LogP contribution in [0.25, 0.3) is 0 Å². The predicted octanol–water partition coefficient (Wildman–Crippen LogP) is 3.17. The lowest BCUT2D eigenvalue weighted by Gasteiger charge is -2.07. The number of carbonyl (C=O) groups is 1. The highest BCUT2D eigenvalue weighted by atomic mass is 32.2. The normalized spacial score (nSPS) is 10.3. The van der Waals surface area contributed by atoms with Crippen LogP contribution in [0.15, 0.2) is 35.4 Å². The number of carbonyl (C=O) groups excluding carboxylic acids is 1. The van der Waals surface area contributed by atoms with Gasteiger partial charge in [-0.1, -0.05) is 12.1 Å². The summed E-state index contributed by atoms with van der Waals surface area (Å²) >= 11 is 3.30. The number of hydrogen-bond acceptors (Lipinski definition) is 4. The molecule has 4 nitrogen and oxygen atoms in total. The molecule has 1 aromatic heterocycles. The summed E-state index contributed by atoms with van der Waals surface area (Å²) in [6, 6.07) is 7.98. The fourth-order valence-corrected chi connectivity index (χ4v) is 2.76. The van der Waals surface area contributed by atoms with Gasteiger partial charge in [-0.2, -0.15) is 0 Å². The zero-order valence-electron chi connectivity index (χ0n) is 11.5. The summed E-state index contributed by atoms with van der Waals surface area (Å²) in [5, 5.41) is 6.55. The van der Waals surface area contributed by atoms with Crippen LogP contribution in [0.1, 0.15) is 15.4 Å². The maximum absolute atomic E-state index is 11.7. The summed E-state index contributed by atoms with van der Waals surface area (Å²) in [4.78, 5) is 18.2. The lowest BCUT2D eigenvalue weighted by molar-refractivity contribution is 0.240. The Labute approximate surface area is 127 Å². The first-order valence-electron chi connectivity index (χ1n) is 6.23. The highest BCUT2D eigenvalue weighted by Gasteiger charge is 2.03. The number of urea groups is 1. The summed E-state index contributed by atoms with van der Waals surface area (Å²) in [5.74, 6) is 0. The average Bonchev–Trinajstić information content (AvgIpc) is 2.89. The maximum atomic E-state index is 11.7. The van der Waals surface area contributed by atoms with Crippen LogP contribution in [0.2, 0.25) is 0 Å². The van der Waals surface area contributed by atoms with E-state index in [0.717, 1.165) is 15.4 Å². The zero-order valence-corrected chi connectivity index (χ0v) is 13.1. The second-order valence-electron chi connectivity index (χ2n) is 4.25. The van der Waals surface area contributed by atoms with Gasteiger partial charge in [0.2, 0.25) is 0 Å². The van der Waals surface area contributed by atoms with Crippen LogP contribution in [-0.2, 0) is 13.1 Å². The number of aromatic nitrogens is 1. The number of thioether (sulfide) groups is 1. The van der Waals surface area contributed by atoms with Crippen molar-refractivity contribution in [2.24, 2.45) is 0 Å². The van der Waals surface area contributed by atoms with Crippen molar-refractivity contribution in [3.63, 3.8) is 0 Å². The van der Waals surface area contributed by atoms with Gasteiger partial charge in [-0.15, -0.1) is 23.1 Å². The van der Waals surface area contributed by atoms with E-state index in [2.05, 4.69) is 27.8 Å². The summed E-state index contributed by atoms with van der Waals surface area (Å²) in [7, 11) is 0. The van der Waals surface area contributed by atoms with Crippen molar-refractivity contribution in [1.29, 1.82) is 0 Å². The SMILES string of the molecule is CSc1ccc(CNC(=O)NCc2ncc(C)s2)cc1. The van der Waals surface area contributed by atoms with Crippen molar-refractivity contribution in [3.8, 4) is 0 Å². The van der Waals surface area contributed by atoms with Gasteiger partial charge in [0.1, 0.15) is 5.01 Å². The molecule has 0 fully saturated rings. The van der Waals surface area contributed by atoms with Crippen molar-refractivity contribution in [2.75, 3.05) is 6.26 Å². The Kier molecular flexibility index (Phi) is 5.43. The highest BCUT2D eigenvalue weighted by molar-refractivity contribution is 7.98. The molecule has 0 aliphatic rings. The molecule has 0 atom stereocenters. The van der Waals surface area contributed by atoms with E-state index in [1.807, 2.05) is 31.5 Å². The molecule has 2 N–H and O–H groups in total. The number of benzene rings is 1. The average molecular weight is 307 g/mol. The molecule has 6 heteroatoms. The molecule has 0 spiro atoms. The summed E-state index contributed by atoms with van der Waals surface area (Å²) in [6.45, 7) is 2.99. The van der Waals surface area contributed by atoms with Crippen LogP contribution in [0.4, 0.5) is 4.79 Å². The van der Waals surface area contributed by atoms with E-state index in [1.54, 1.807) is 23.1 Å². The van der Waals surface area contributed by atoms with Crippen molar-refractivity contribution in [3.05, 3.63) is 45.9 Å². The standard InChI is InChI=1S/C14H17N3OS2/c1-10-7-15-13(20-10)9-17-14(18)16-8-11-3-5-12(19-2)6-4-11/h3-7H,8-9H2,1-2H3,(H2,16,17,18). The number of nitrogens with one attached hydrogen (secondary N) is 2. The van der Waals surface area contributed by atoms with E-state index < -0.39 is 0 Å². The largest absolute Gasteiger partial charge is 0.334 e. The van der Waals surface area contributed by atoms with Gasteiger partial charge < -0.3 is 10.6 Å². The Morgan fingerprint density at radius 1 is 1.25 bits per heavy atom. The minimum absolute atomic E-state index is 0.174. The maximum Gasteiger partial charge on any atom is 0.315 e. The van der Waals surface area contributed by atoms with Gasteiger partial charge in [0.15, 0.2) is 0 Å². The molecule has 0 aliphatic heterocycles. The number of thiazole rings is 1. The Morgan fingerprint density at radius 3 is 2.55 bits per heavy atom. The Balaban J connectivity index is 1.74. The van der Waals surface area contributed by atoms with E-state index in [9.17, 15) is 4.79 Å². The molecular weight excluding hydrogens is 290 g/mol. The minimum atomic E-state index is -0.174. The number of amides is 2. The molecular formula is C14H17N3OS2. The topological polar surface area (TPSA) is 54.0 Å². The third-order valence-corrected chi connectivity index (χ3v) is 4.34. The fourth-order valence-electron chi connectivity index (χ4n) is 1.63. The van der Waals surface area contributed by atoms with Crippen molar-refractivity contribution in [2.45, 2.75) is 24.9 Å². The summed E-state index contributed by atoms with van der Waals surface area (Å²) in [5.41, 5.74) is 1.09. The Morgan fingerprint density at radius 2 is 1.95 bits per heavy atom. The van der Waals surface area contributed by atoms with Gasteiger partial charge in [0.05, 0.1) is 6.54 Å². The van der Waals surface area contributed by atoms with Crippen LogP contribution >= 0.6 is 23.1 Å². The predicted molar refractivity (Wildman–Crippen MR) is 84.1 cm³/mol. The van der Waals surface area contributed by atoms with Crippen LogP contribution in [-0.4, -0.2) is 17.3 Å². The van der Waals surface area contributed by atoms with Crippen molar-refractivity contribution in [1.82, 2.24) is 15.6 Å². The zero-order chi connectivity index (χ0) is 14.4. The van der Waals surface area contributed by atoms with Crippen LogP contribution in [0, 0.1) is 6.92 Å². The number of aryl methyl sites for hydroxylation is 1. The molecule has 1 heterocycles. The molecule has 1 aromatic carbocycles. The van der Waals surface area contributed by atoms with Gasteiger partial charge in [0, 0.05) is 22.5 Å². The molecule has 0 bridgehead atoms. The van der Waals surface area contributed by atoms with Gasteiger partial charge in [-0.05, 0) is 30.9 Å². The number of nitrogens with zero attached hydrogens (tertiary/aromatic N) is 1. The molecule has 2 rings (SSSR count). The summed E-state index contributed by atoms with van der Waals surface area (Å²) in [6.07, 6.45) is 3.86. The first-order valence-corrected chi connectivity index (χ1v) is 8.27. The van der Waals surface area contributed by atoms with Crippen LogP contribution in [0.3, 0.4) is 0 Å². The van der Waals surface area contributed by atoms with Gasteiger partial charge >= 0.3 is 6.03 Å². The molecule has 2 aromatic rings. The van der Waals surface area contributed by atoms with E-state index in [4.69, 9.17) is 0 Å². The highest BCUT2D eigenvalue weighted by Crippen LogP contribution is 2.14. The first kappa shape index (κ1) is 14.9. The quantitative estimate of drug-likeness (QED) is 0.834. The fraction of sp³-hybridized carbons (Fsp3) is 0.286. The van der Waals surface area contributed by atoms with E-state index in [0.29, 0.717) is 13.1 Å². The molecule has 0 saturated heterocycles. The molecule has 20 heavy (non-hydrogen) atoms. The molecule has 106 valence electrons. The van der Waals surface area contributed by atoms with Crippen LogP contribution in [0.5, 0.6) is 0 Å². The summed E-state index contributed by atoms with van der Waals surface area (Å²) < 4.78 is 0. The number of hydrogen-bond donors (Lipinski definition) is 2. The Bertz CT molecular complexity index is 566. The molecule has 0 radical (unpaired) electrons. The van der Waals surface area contributed by atoms with E-state index in [-0.39, 0.29) is 6.03 Å². The Hall–Kier alpha value is -1.53. The van der Waals surface area contributed by atoms with E-state index in [1.165, 1.54) is 4.90 Å². The van der Waals surface area contributed by atoms with Gasteiger partial charge in [-0.25, -0.2) is 9.78 Å². The monoisotopic (exact) mass is 307 g/mol. The van der Waals surface area contributed by atoms with Gasteiger partial charge in [-0.3, -0.25) is 0 Å². The molecule has 2 amide bonds. The van der Waals surface area contributed by atoms with E-state index >= 15 is 0 Å². The minimum Gasteiger partial charge on any atom is -0.334 e.